The van der Waals surface area contributed by atoms with Gasteiger partial charge >= 0.3 is 0 Å². The molecular weight excluding hydrogens is 626 g/mol. The van der Waals surface area contributed by atoms with E-state index in [4.69, 9.17) is 16.0 Å². The quantitative estimate of drug-likeness (QED) is 0.176. The van der Waals surface area contributed by atoms with Gasteiger partial charge in [-0.15, -0.1) is 0 Å². The number of nitrogens with one attached hydrogen (secondary N) is 1. The smallest absolute Gasteiger partial charge is 0.287 e. The maximum absolute atomic E-state index is 13.6. The summed E-state index contributed by atoms with van der Waals surface area (Å²) < 4.78 is 9.83. The van der Waals surface area contributed by atoms with Gasteiger partial charge in [0.2, 0.25) is 0 Å². The molecule has 3 aromatic heterocycles. The second-order valence-electron chi connectivity index (χ2n) is 13.5. The first-order chi connectivity index (χ1) is 23.4. The van der Waals surface area contributed by atoms with Gasteiger partial charge in [0.15, 0.2) is 11.2 Å². The number of halogens is 1. The molecule has 5 aromatic rings. The molecule has 1 saturated carbocycles. The topological polar surface area (TPSA) is 111 Å². The van der Waals surface area contributed by atoms with Crippen molar-refractivity contribution < 1.29 is 9.21 Å². The molecule has 0 radical (unpaired) electrons. The lowest BCUT2D eigenvalue weighted by Gasteiger charge is -2.48. The number of carbonyl (C=O) groups excluding carboxylic acids is 1. The normalized spacial score (nSPS) is 17.8. The molecule has 2 aromatic carbocycles. The molecular formula is C37H42ClN7O3. The zero-order valence-electron chi connectivity index (χ0n) is 27.1. The van der Waals surface area contributed by atoms with E-state index in [2.05, 4.69) is 25.3 Å². The molecule has 1 aliphatic carbocycles. The van der Waals surface area contributed by atoms with Crippen molar-refractivity contribution in [2.75, 3.05) is 19.6 Å². The van der Waals surface area contributed by atoms with Crippen LogP contribution in [0.25, 0.3) is 16.7 Å². The Labute approximate surface area is 285 Å². The van der Waals surface area contributed by atoms with Crippen LogP contribution in [0.2, 0.25) is 5.02 Å². The van der Waals surface area contributed by atoms with E-state index >= 15 is 0 Å². The molecule has 7 rings (SSSR count). The minimum atomic E-state index is -0.394. The predicted molar refractivity (Wildman–Crippen MR) is 185 cm³/mol. The van der Waals surface area contributed by atoms with Gasteiger partial charge in [-0.05, 0) is 98.8 Å². The second kappa shape index (κ2) is 14.5. The highest BCUT2D eigenvalue weighted by molar-refractivity contribution is 6.30. The number of carbonyl (C=O) groups is 1. The van der Waals surface area contributed by atoms with Crippen LogP contribution in [-0.2, 0) is 13.0 Å². The van der Waals surface area contributed by atoms with E-state index in [1.807, 2.05) is 52.1 Å². The summed E-state index contributed by atoms with van der Waals surface area (Å²) in [7, 11) is 0. The number of imidazole rings is 1. The molecule has 0 spiro atoms. The molecule has 1 saturated heterocycles. The van der Waals surface area contributed by atoms with Gasteiger partial charge in [-0.3, -0.25) is 14.3 Å². The van der Waals surface area contributed by atoms with Gasteiger partial charge in [0, 0.05) is 48.3 Å². The molecule has 1 N–H and O–H groups in total. The number of fused-ring (bicyclic) bond motifs is 1. The summed E-state index contributed by atoms with van der Waals surface area (Å²) in [5.74, 6) is 0.338. The summed E-state index contributed by atoms with van der Waals surface area (Å²) in [5.41, 5.74) is 2.22. The highest BCUT2D eigenvalue weighted by Gasteiger charge is 2.42. The maximum Gasteiger partial charge on any atom is 0.287 e. The minimum Gasteiger partial charge on any atom is -0.451 e. The van der Waals surface area contributed by atoms with Crippen molar-refractivity contribution in [3.63, 3.8) is 0 Å². The van der Waals surface area contributed by atoms with Crippen LogP contribution >= 0.6 is 11.6 Å². The average Bonchev–Trinajstić information content (AvgIpc) is 3.84. The molecule has 0 unspecified atom stereocenters. The number of nitrogens with zero attached hydrogens (tertiary/aromatic N) is 6. The Morgan fingerprint density at radius 2 is 1.83 bits per heavy atom. The van der Waals surface area contributed by atoms with Gasteiger partial charge in [0.25, 0.3) is 5.91 Å². The van der Waals surface area contributed by atoms with Crippen LogP contribution in [0.15, 0.2) is 89.1 Å². The first kappa shape index (κ1) is 32.3. The number of aromatic nitrogens is 5. The van der Waals surface area contributed by atoms with Crippen molar-refractivity contribution in [1.82, 2.24) is 34.5 Å². The van der Waals surface area contributed by atoms with Crippen LogP contribution in [0.1, 0.15) is 67.5 Å². The van der Waals surface area contributed by atoms with Crippen LogP contribution in [0, 0.1) is 11.3 Å². The molecule has 2 aliphatic rings. The van der Waals surface area contributed by atoms with Crippen molar-refractivity contribution in [3.8, 4) is 5.69 Å². The lowest BCUT2D eigenvalue weighted by Crippen LogP contribution is -2.48. The lowest BCUT2D eigenvalue weighted by molar-refractivity contribution is 0.0104. The van der Waals surface area contributed by atoms with Gasteiger partial charge in [-0.1, -0.05) is 43.0 Å². The minimum absolute atomic E-state index is 0.00679. The number of piperidine rings is 1. The number of likely N-dealkylation sites (tertiary alicyclic amines) is 1. The van der Waals surface area contributed by atoms with Crippen LogP contribution < -0.4 is 10.7 Å². The summed E-state index contributed by atoms with van der Waals surface area (Å²) in [5, 5.41) is 8.76. The third kappa shape index (κ3) is 7.39. The summed E-state index contributed by atoms with van der Waals surface area (Å²) in [6.07, 6.45) is 18.9. The summed E-state index contributed by atoms with van der Waals surface area (Å²) in [6, 6.07) is 14.2. The third-order valence-corrected chi connectivity index (χ3v) is 10.8. The summed E-state index contributed by atoms with van der Waals surface area (Å²) in [6.45, 7) is 3.84. The molecule has 48 heavy (non-hydrogen) atoms. The largest absolute Gasteiger partial charge is 0.451 e. The molecule has 4 heterocycles. The predicted octanol–water partition coefficient (Wildman–Crippen LogP) is 6.32. The first-order valence-corrected chi connectivity index (χ1v) is 17.5. The van der Waals surface area contributed by atoms with Gasteiger partial charge in [0.1, 0.15) is 18.2 Å². The Hall–Kier alpha value is -4.28. The maximum atomic E-state index is 13.6. The van der Waals surface area contributed by atoms with Crippen LogP contribution in [-0.4, -0.2) is 60.8 Å². The zero-order valence-corrected chi connectivity index (χ0v) is 27.9. The molecule has 250 valence electrons. The number of hydrogen-bond donors (Lipinski definition) is 1. The van der Waals surface area contributed by atoms with Crippen LogP contribution in [0.5, 0.6) is 0 Å². The standard InChI is InChI=1S/C37H42ClN7O3/c38-29-8-6-27(7-9-29)20-30(42-36(47)35-22-33(46)32-21-31(10-11-34(32)48-35)44-19-15-39-25-44)12-16-43-17-13-37(14-18-43,23-45-26-40-24-41-45)28-4-2-1-3-5-28/h6-11,15,19,21-22,24-26,28,30H,1-5,12-14,16-18,20,23H2,(H,42,47)/t30-/m1/s1. The molecule has 1 amide bonds. The Morgan fingerprint density at radius 3 is 2.56 bits per heavy atom. The van der Waals surface area contributed by atoms with Crippen molar-refractivity contribution in [2.45, 2.75) is 70.4 Å². The Morgan fingerprint density at radius 1 is 1.02 bits per heavy atom. The fourth-order valence-electron chi connectivity index (χ4n) is 7.82. The molecule has 2 fully saturated rings. The van der Waals surface area contributed by atoms with Crippen molar-refractivity contribution >= 4 is 28.5 Å². The second-order valence-corrected chi connectivity index (χ2v) is 14.0. The van der Waals surface area contributed by atoms with E-state index < -0.39 is 5.91 Å². The number of rotatable bonds is 11. The molecule has 0 bridgehead atoms. The van der Waals surface area contributed by atoms with Crippen molar-refractivity contribution in [1.29, 1.82) is 0 Å². The van der Waals surface area contributed by atoms with E-state index in [1.165, 1.54) is 38.2 Å². The Balaban J connectivity index is 1.04. The average molecular weight is 668 g/mol. The highest BCUT2D eigenvalue weighted by Crippen LogP contribution is 2.47. The third-order valence-electron chi connectivity index (χ3n) is 10.5. The number of hydrogen-bond acceptors (Lipinski definition) is 7. The SMILES string of the molecule is O=C(N[C@H](CCN1CCC(Cn2cncn2)(C2CCCCC2)CC1)Cc1ccc(Cl)cc1)c1cc(=O)c2cc(-n3ccnc3)ccc2o1. The Bertz CT molecular complexity index is 1860. The molecule has 11 heteroatoms. The van der Waals surface area contributed by atoms with E-state index in [0.717, 1.165) is 62.6 Å². The summed E-state index contributed by atoms with van der Waals surface area (Å²) in [4.78, 5) is 37.6. The number of amides is 1. The number of benzene rings is 2. The lowest BCUT2D eigenvalue weighted by atomic mass is 9.63. The van der Waals surface area contributed by atoms with Crippen molar-refractivity contribution in [3.05, 3.63) is 106 Å². The van der Waals surface area contributed by atoms with E-state index in [-0.39, 0.29) is 22.6 Å². The Kier molecular flexibility index (Phi) is 9.72. The highest BCUT2D eigenvalue weighted by atomic mass is 35.5. The van der Waals surface area contributed by atoms with E-state index in [0.29, 0.717) is 22.4 Å². The van der Waals surface area contributed by atoms with Gasteiger partial charge in [0.05, 0.1) is 11.7 Å². The zero-order chi connectivity index (χ0) is 32.9. The molecule has 10 nitrogen and oxygen atoms in total. The summed E-state index contributed by atoms with van der Waals surface area (Å²) >= 11 is 6.17. The van der Waals surface area contributed by atoms with Gasteiger partial charge in [-0.25, -0.2) is 9.97 Å². The fourth-order valence-corrected chi connectivity index (χ4v) is 7.95. The van der Waals surface area contributed by atoms with Crippen molar-refractivity contribution in [2.24, 2.45) is 11.3 Å². The van der Waals surface area contributed by atoms with Crippen LogP contribution in [0.4, 0.5) is 0 Å². The van der Waals surface area contributed by atoms with E-state index in [9.17, 15) is 9.59 Å². The fraction of sp³-hybridized carbons (Fsp3) is 0.432. The first-order valence-electron chi connectivity index (χ1n) is 17.1. The monoisotopic (exact) mass is 667 g/mol. The van der Waals surface area contributed by atoms with Gasteiger partial charge < -0.3 is 19.2 Å². The van der Waals surface area contributed by atoms with Gasteiger partial charge in [-0.2, -0.15) is 5.10 Å². The molecule has 1 atom stereocenters. The van der Waals surface area contributed by atoms with Crippen LogP contribution in [0.3, 0.4) is 0 Å². The van der Waals surface area contributed by atoms with E-state index in [1.54, 1.807) is 31.0 Å². The molecule has 1 aliphatic heterocycles.